The van der Waals surface area contributed by atoms with E-state index in [1.165, 1.54) is 4.90 Å². The van der Waals surface area contributed by atoms with Gasteiger partial charge in [0.15, 0.2) is 6.10 Å². The molecule has 5 aromatic carbocycles. The molecule has 2 aliphatic heterocycles. The van der Waals surface area contributed by atoms with Gasteiger partial charge in [0.1, 0.15) is 23.4 Å². The van der Waals surface area contributed by atoms with E-state index in [2.05, 4.69) is 41.7 Å². The molecule has 0 aromatic heterocycles. The number of nitrogens with zero attached hydrogens (tertiary/aromatic N) is 1. The molecule has 0 saturated carbocycles. The van der Waals surface area contributed by atoms with Crippen LogP contribution in [0.3, 0.4) is 0 Å². The molecule has 1 saturated heterocycles. The first-order valence-electron chi connectivity index (χ1n) is 16.0. The zero-order valence-electron chi connectivity index (χ0n) is 26.1. The Balaban J connectivity index is 1.26. The van der Waals surface area contributed by atoms with E-state index in [1.54, 1.807) is 11.8 Å². The van der Waals surface area contributed by atoms with E-state index in [9.17, 15) is 14.4 Å². The molecule has 1 N–H and O–H groups in total. The monoisotopic (exact) mass is 650 g/mol. The minimum atomic E-state index is -0.865. The lowest BCUT2D eigenvalue weighted by molar-refractivity contribution is -0.154. The number of thioether (sulfide) groups is 1. The van der Waals surface area contributed by atoms with E-state index < -0.39 is 29.0 Å². The Bertz CT molecular complexity index is 1780. The standard InChI is InChI=1S/C41H34N2O4S/c44-27-26-31-28-48-39-35(42-41(32-20-10-3-11-21-32,33-22-12-4-13-23-33)34-24-14-5-15-25-34)38(45)43(39)36(31)40(46)47-37(29-16-6-1-7-17-29)30-18-8-2-9-19-30/h1-25,27,35,37,39,42H,26,28H2. The summed E-state index contributed by atoms with van der Waals surface area (Å²) < 4.78 is 6.25. The number of hydrogen-bond acceptors (Lipinski definition) is 6. The minimum Gasteiger partial charge on any atom is -0.448 e. The van der Waals surface area contributed by atoms with E-state index in [0.717, 1.165) is 34.1 Å². The predicted octanol–water partition coefficient (Wildman–Crippen LogP) is 7.03. The summed E-state index contributed by atoms with van der Waals surface area (Å²) in [6.45, 7) is 0. The molecule has 2 atom stereocenters. The van der Waals surface area contributed by atoms with Crippen molar-refractivity contribution in [3.63, 3.8) is 0 Å². The normalized spacial score (nSPS) is 17.4. The van der Waals surface area contributed by atoms with Gasteiger partial charge in [-0.25, -0.2) is 4.79 Å². The summed E-state index contributed by atoms with van der Waals surface area (Å²) in [6.07, 6.45) is 0.126. The number of rotatable bonds is 11. The van der Waals surface area contributed by atoms with Crippen molar-refractivity contribution in [1.82, 2.24) is 10.2 Å². The second-order valence-electron chi connectivity index (χ2n) is 11.8. The van der Waals surface area contributed by atoms with Gasteiger partial charge in [0.2, 0.25) is 5.91 Å². The van der Waals surface area contributed by atoms with Gasteiger partial charge in [-0.15, -0.1) is 11.8 Å². The average molecular weight is 651 g/mol. The smallest absolute Gasteiger partial charge is 0.356 e. The summed E-state index contributed by atoms with van der Waals surface area (Å²) in [5, 5.41) is 3.42. The highest BCUT2D eigenvalue weighted by molar-refractivity contribution is 8.00. The zero-order chi connectivity index (χ0) is 32.9. The molecular formula is C41H34N2O4S. The van der Waals surface area contributed by atoms with Crippen molar-refractivity contribution in [2.24, 2.45) is 0 Å². The van der Waals surface area contributed by atoms with E-state index >= 15 is 0 Å². The van der Waals surface area contributed by atoms with Crippen molar-refractivity contribution in [2.75, 3.05) is 5.75 Å². The number of esters is 1. The molecule has 2 heterocycles. The van der Waals surface area contributed by atoms with Gasteiger partial charge in [0.05, 0.1) is 5.54 Å². The van der Waals surface area contributed by atoms with Crippen molar-refractivity contribution < 1.29 is 19.1 Å². The van der Waals surface area contributed by atoms with E-state index in [1.807, 2.05) is 115 Å². The predicted molar refractivity (Wildman–Crippen MR) is 188 cm³/mol. The highest BCUT2D eigenvalue weighted by Crippen LogP contribution is 2.45. The van der Waals surface area contributed by atoms with Gasteiger partial charge >= 0.3 is 5.97 Å². The molecule has 6 nitrogen and oxygen atoms in total. The average Bonchev–Trinajstić information content (AvgIpc) is 3.16. The van der Waals surface area contributed by atoms with Crippen LogP contribution in [-0.2, 0) is 24.7 Å². The molecule has 1 amide bonds. The largest absolute Gasteiger partial charge is 0.448 e. The van der Waals surface area contributed by atoms with E-state index in [-0.39, 0.29) is 18.0 Å². The van der Waals surface area contributed by atoms with Gasteiger partial charge in [0, 0.05) is 12.2 Å². The molecule has 0 spiro atoms. The molecule has 0 bridgehead atoms. The topological polar surface area (TPSA) is 75.7 Å². The second-order valence-corrected chi connectivity index (χ2v) is 12.9. The lowest BCUT2D eigenvalue weighted by Gasteiger charge is -2.53. The zero-order valence-corrected chi connectivity index (χ0v) is 27.0. The molecule has 1 fully saturated rings. The van der Waals surface area contributed by atoms with Crippen LogP contribution >= 0.6 is 11.8 Å². The van der Waals surface area contributed by atoms with Crippen LogP contribution in [0, 0.1) is 0 Å². The number of ether oxygens (including phenoxy) is 1. The fourth-order valence-electron chi connectivity index (χ4n) is 6.72. The Labute approximate surface area is 284 Å². The Morgan fingerprint density at radius 1 is 0.750 bits per heavy atom. The molecule has 2 unspecified atom stereocenters. The first-order valence-corrected chi connectivity index (χ1v) is 17.0. The molecule has 2 aliphatic rings. The Hall–Kier alpha value is -5.24. The number of fused-ring (bicyclic) bond motifs is 1. The van der Waals surface area contributed by atoms with Gasteiger partial charge in [-0.05, 0) is 33.4 Å². The number of carbonyl (C=O) groups excluding carboxylic acids is 3. The van der Waals surface area contributed by atoms with Crippen LogP contribution in [0.5, 0.6) is 0 Å². The quantitative estimate of drug-likeness (QED) is 0.0717. The number of amides is 1. The SMILES string of the molecule is O=CCC1=C(C(=O)OC(c2ccccc2)c2ccccc2)N2C(=O)C(NC(c3ccccc3)(c3ccccc3)c3ccccc3)C2SC1. The number of carbonyl (C=O) groups is 3. The van der Waals surface area contributed by atoms with Gasteiger partial charge in [-0.1, -0.05) is 152 Å². The van der Waals surface area contributed by atoms with E-state index in [0.29, 0.717) is 11.3 Å². The summed E-state index contributed by atoms with van der Waals surface area (Å²) in [4.78, 5) is 41.9. The first kappa shape index (κ1) is 31.4. The molecule has 0 radical (unpaired) electrons. The van der Waals surface area contributed by atoms with Crippen molar-refractivity contribution in [3.05, 3.63) is 191 Å². The Morgan fingerprint density at radius 2 is 1.19 bits per heavy atom. The maximum absolute atomic E-state index is 14.4. The molecule has 7 rings (SSSR count). The molecule has 48 heavy (non-hydrogen) atoms. The van der Waals surface area contributed by atoms with Gasteiger partial charge in [-0.3, -0.25) is 15.0 Å². The molecular weight excluding hydrogens is 617 g/mol. The van der Waals surface area contributed by atoms with Crippen molar-refractivity contribution in [1.29, 1.82) is 0 Å². The fourth-order valence-corrected chi connectivity index (χ4v) is 8.09. The summed E-state index contributed by atoms with van der Waals surface area (Å²) in [5.74, 6) is -0.445. The fraction of sp³-hybridized carbons (Fsp3) is 0.146. The van der Waals surface area contributed by atoms with Crippen molar-refractivity contribution in [3.8, 4) is 0 Å². The van der Waals surface area contributed by atoms with E-state index in [4.69, 9.17) is 4.74 Å². The number of hydrogen-bond donors (Lipinski definition) is 1. The Morgan fingerprint density at radius 3 is 1.62 bits per heavy atom. The number of benzene rings is 5. The van der Waals surface area contributed by atoms with Crippen LogP contribution in [0.15, 0.2) is 163 Å². The summed E-state index contributed by atoms with van der Waals surface area (Å²) in [5.41, 5.74) is 4.46. The second kappa shape index (κ2) is 13.9. The first-order chi connectivity index (χ1) is 23.6. The lowest BCUT2D eigenvalue weighted by atomic mass is 9.76. The van der Waals surface area contributed by atoms with Gasteiger partial charge in [-0.2, -0.15) is 0 Å². The van der Waals surface area contributed by atoms with Gasteiger partial charge in [0.25, 0.3) is 0 Å². The summed E-state index contributed by atoms with van der Waals surface area (Å²) in [6, 6.07) is 48.8. The van der Waals surface area contributed by atoms with Crippen LogP contribution in [0.2, 0.25) is 0 Å². The van der Waals surface area contributed by atoms with Crippen LogP contribution in [0.25, 0.3) is 0 Å². The maximum atomic E-state index is 14.4. The highest BCUT2D eigenvalue weighted by Gasteiger charge is 2.56. The lowest BCUT2D eigenvalue weighted by Crippen LogP contribution is -2.72. The number of nitrogens with one attached hydrogen (secondary N) is 1. The third kappa shape index (κ3) is 5.76. The van der Waals surface area contributed by atoms with Crippen molar-refractivity contribution >= 4 is 29.9 Å². The minimum absolute atomic E-state index is 0.0371. The third-order valence-corrected chi connectivity index (χ3v) is 10.3. The molecule has 5 aromatic rings. The molecule has 238 valence electrons. The van der Waals surface area contributed by atoms with Crippen molar-refractivity contribution in [2.45, 2.75) is 29.5 Å². The number of aldehydes is 1. The summed E-state index contributed by atoms with van der Waals surface area (Å²) in [7, 11) is 0. The van der Waals surface area contributed by atoms with Crippen LogP contribution in [0.1, 0.15) is 40.3 Å². The van der Waals surface area contributed by atoms with Crippen LogP contribution in [0.4, 0.5) is 0 Å². The number of β-lactam (4-membered cyclic amide) rings is 1. The molecule has 7 heteroatoms. The van der Waals surface area contributed by atoms with Crippen LogP contribution in [-0.4, -0.2) is 40.2 Å². The molecule has 0 aliphatic carbocycles. The third-order valence-electron chi connectivity index (χ3n) is 8.99. The summed E-state index contributed by atoms with van der Waals surface area (Å²) >= 11 is 1.55. The van der Waals surface area contributed by atoms with Gasteiger partial charge < -0.3 is 9.53 Å². The Kier molecular flexibility index (Phi) is 9.05. The van der Waals surface area contributed by atoms with Crippen LogP contribution < -0.4 is 5.32 Å². The highest BCUT2D eigenvalue weighted by atomic mass is 32.2. The maximum Gasteiger partial charge on any atom is 0.356 e.